The standard InChI is InChI=1S/C11H10O6/c1-6(12)17-10(5-11(15)16)7-2-3-8(13)9(14)4-7/h2-5,13-14H,1H3,(H,15,16)/b10-5-. The number of rotatable bonds is 3. The van der Waals surface area contributed by atoms with Gasteiger partial charge in [-0.25, -0.2) is 4.79 Å². The molecule has 6 heteroatoms. The minimum absolute atomic E-state index is 0.165. The van der Waals surface area contributed by atoms with Crippen LogP contribution in [0.1, 0.15) is 12.5 Å². The van der Waals surface area contributed by atoms with E-state index in [0.717, 1.165) is 19.1 Å². The molecule has 6 nitrogen and oxygen atoms in total. The van der Waals surface area contributed by atoms with Gasteiger partial charge >= 0.3 is 11.9 Å². The molecule has 0 radical (unpaired) electrons. The Labute approximate surface area is 96.4 Å². The highest BCUT2D eigenvalue weighted by Crippen LogP contribution is 2.28. The molecule has 0 heterocycles. The molecule has 1 aromatic carbocycles. The van der Waals surface area contributed by atoms with Crippen molar-refractivity contribution in [2.24, 2.45) is 0 Å². The van der Waals surface area contributed by atoms with Gasteiger partial charge in [-0.3, -0.25) is 4.79 Å². The Kier molecular flexibility index (Phi) is 3.71. The Morgan fingerprint density at radius 3 is 2.35 bits per heavy atom. The number of hydrogen-bond acceptors (Lipinski definition) is 5. The van der Waals surface area contributed by atoms with Crippen LogP contribution in [0.2, 0.25) is 0 Å². The van der Waals surface area contributed by atoms with Crippen molar-refractivity contribution in [3.05, 3.63) is 29.8 Å². The van der Waals surface area contributed by atoms with E-state index in [9.17, 15) is 14.7 Å². The predicted octanol–water partition coefficient (Wildman–Crippen LogP) is 1.09. The van der Waals surface area contributed by atoms with E-state index in [1.54, 1.807) is 0 Å². The summed E-state index contributed by atoms with van der Waals surface area (Å²) in [5.74, 6) is -3.00. The maximum atomic E-state index is 10.8. The fourth-order valence-electron chi connectivity index (χ4n) is 1.12. The molecule has 0 aliphatic carbocycles. The van der Waals surface area contributed by atoms with Crippen LogP contribution in [-0.4, -0.2) is 27.3 Å². The van der Waals surface area contributed by atoms with Crippen molar-refractivity contribution >= 4 is 17.7 Å². The number of benzene rings is 1. The Balaban J connectivity index is 3.17. The molecule has 0 aliphatic heterocycles. The number of carbonyl (C=O) groups is 2. The summed E-state index contributed by atoms with van der Waals surface area (Å²) < 4.78 is 4.69. The fourth-order valence-corrected chi connectivity index (χ4v) is 1.12. The maximum absolute atomic E-state index is 10.8. The van der Waals surface area contributed by atoms with E-state index in [1.807, 2.05) is 0 Å². The van der Waals surface area contributed by atoms with Gasteiger partial charge in [0.15, 0.2) is 11.5 Å². The minimum Gasteiger partial charge on any atom is -0.504 e. The number of esters is 1. The molecule has 90 valence electrons. The van der Waals surface area contributed by atoms with Gasteiger partial charge < -0.3 is 20.1 Å². The van der Waals surface area contributed by atoms with Gasteiger partial charge in [0.25, 0.3) is 0 Å². The molecule has 0 fully saturated rings. The number of phenols is 2. The fraction of sp³-hybridized carbons (Fsp3) is 0.0909. The van der Waals surface area contributed by atoms with Gasteiger partial charge in [-0.1, -0.05) is 0 Å². The molecule has 1 aromatic rings. The van der Waals surface area contributed by atoms with Crippen LogP contribution in [-0.2, 0) is 14.3 Å². The molecule has 0 spiro atoms. The molecule has 3 N–H and O–H groups in total. The van der Waals surface area contributed by atoms with Crippen LogP contribution >= 0.6 is 0 Å². The largest absolute Gasteiger partial charge is 0.504 e. The SMILES string of the molecule is CC(=O)O/C(=C\C(=O)O)c1ccc(O)c(O)c1. The van der Waals surface area contributed by atoms with Gasteiger partial charge in [-0.2, -0.15) is 0 Å². The molecular formula is C11H10O6. The van der Waals surface area contributed by atoms with Gasteiger partial charge in [0, 0.05) is 12.5 Å². The molecule has 0 unspecified atom stereocenters. The molecule has 17 heavy (non-hydrogen) atoms. The van der Waals surface area contributed by atoms with Crippen LogP contribution in [0, 0.1) is 0 Å². The number of carboxylic acid groups (broad SMARTS) is 1. The first kappa shape index (κ1) is 12.6. The van der Waals surface area contributed by atoms with Crippen molar-refractivity contribution in [3.8, 4) is 11.5 Å². The predicted molar refractivity (Wildman–Crippen MR) is 57.2 cm³/mol. The Morgan fingerprint density at radius 2 is 1.88 bits per heavy atom. The molecule has 1 rings (SSSR count). The lowest BCUT2D eigenvalue weighted by atomic mass is 10.1. The highest BCUT2D eigenvalue weighted by Gasteiger charge is 2.10. The third kappa shape index (κ3) is 3.53. The van der Waals surface area contributed by atoms with Crippen molar-refractivity contribution in [1.82, 2.24) is 0 Å². The normalized spacial score (nSPS) is 11.0. The second-order valence-electron chi connectivity index (χ2n) is 3.14. The molecule has 0 aromatic heterocycles. The number of aliphatic carboxylic acids is 1. The third-order valence-corrected chi connectivity index (χ3v) is 1.77. The second-order valence-corrected chi connectivity index (χ2v) is 3.14. The zero-order valence-electron chi connectivity index (χ0n) is 8.88. The van der Waals surface area contributed by atoms with E-state index in [-0.39, 0.29) is 17.1 Å². The quantitative estimate of drug-likeness (QED) is 0.315. The number of phenolic OH excluding ortho intramolecular Hbond substituents is 2. The van der Waals surface area contributed by atoms with Crippen molar-refractivity contribution in [1.29, 1.82) is 0 Å². The van der Waals surface area contributed by atoms with E-state index in [0.29, 0.717) is 6.08 Å². The van der Waals surface area contributed by atoms with Crippen LogP contribution in [0.15, 0.2) is 24.3 Å². The smallest absolute Gasteiger partial charge is 0.332 e. The van der Waals surface area contributed by atoms with Crippen LogP contribution < -0.4 is 0 Å². The van der Waals surface area contributed by atoms with Gasteiger partial charge in [0.1, 0.15) is 5.76 Å². The van der Waals surface area contributed by atoms with Crippen molar-refractivity contribution < 1.29 is 29.6 Å². The lowest BCUT2D eigenvalue weighted by Gasteiger charge is -2.07. The van der Waals surface area contributed by atoms with E-state index < -0.39 is 17.7 Å². The maximum Gasteiger partial charge on any atom is 0.332 e. The molecule has 0 saturated heterocycles. The van der Waals surface area contributed by atoms with Crippen LogP contribution in [0.5, 0.6) is 11.5 Å². The second kappa shape index (κ2) is 5.02. The molecule has 0 saturated carbocycles. The molecular weight excluding hydrogens is 228 g/mol. The van der Waals surface area contributed by atoms with Gasteiger partial charge in [-0.15, -0.1) is 0 Å². The van der Waals surface area contributed by atoms with E-state index in [1.165, 1.54) is 6.07 Å². The number of carbonyl (C=O) groups excluding carboxylic acids is 1. The van der Waals surface area contributed by atoms with Crippen LogP contribution in [0.25, 0.3) is 5.76 Å². The Bertz CT molecular complexity index is 489. The summed E-state index contributed by atoms with van der Waals surface area (Å²) in [6.45, 7) is 1.12. The summed E-state index contributed by atoms with van der Waals surface area (Å²) in [5, 5.41) is 27.0. The number of hydrogen-bond donors (Lipinski definition) is 3. The number of aromatic hydroxyl groups is 2. The lowest BCUT2D eigenvalue weighted by molar-refractivity contribution is -0.134. The monoisotopic (exact) mass is 238 g/mol. The first-order chi connectivity index (χ1) is 7.90. The molecule has 0 aliphatic rings. The van der Waals surface area contributed by atoms with E-state index in [4.69, 9.17) is 14.9 Å². The van der Waals surface area contributed by atoms with Gasteiger partial charge in [0.05, 0.1) is 6.08 Å². The third-order valence-electron chi connectivity index (χ3n) is 1.77. The summed E-state index contributed by atoms with van der Waals surface area (Å²) in [6.07, 6.45) is 0.688. The summed E-state index contributed by atoms with van der Waals surface area (Å²) in [5.41, 5.74) is 0.165. The van der Waals surface area contributed by atoms with Gasteiger partial charge in [0.2, 0.25) is 0 Å². The van der Waals surface area contributed by atoms with Crippen LogP contribution in [0.3, 0.4) is 0 Å². The first-order valence-electron chi connectivity index (χ1n) is 4.55. The molecule has 0 bridgehead atoms. The van der Waals surface area contributed by atoms with E-state index in [2.05, 4.69) is 0 Å². The minimum atomic E-state index is -1.30. The number of carboxylic acids is 1. The van der Waals surface area contributed by atoms with Crippen LogP contribution in [0.4, 0.5) is 0 Å². The molecule has 0 atom stereocenters. The topological polar surface area (TPSA) is 104 Å². The first-order valence-corrected chi connectivity index (χ1v) is 4.55. The molecule has 0 amide bonds. The Hall–Kier alpha value is -2.50. The zero-order chi connectivity index (χ0) is 13.0. The Morgan fingerprint density at radius 1 is 1.24 bits per heavy atom. The highest BCUT2D eigenvalue weighted by molar-refractivity contribution is 5.90. The average Bonchev–Trinajstić information content (AvgIpc) is 2.19. The summed E-state index contributed by atoms with van der Waals surface area (Å²) in [4.78, 5) is 21.3. The van der Waals surface area contributed by atoms with Crippen molar-refractivity contribution in [2.75, 3.05) is 0 Å². The average molecular weight is 238 g/mol. The highest BCUT2D eigenvalue weighted by atomic mass is 16.5. The van der Waals surface area contributed by atoms with Crippen molar-refractivity contribution in [3.63, 3.8) is 0 Å². The van der Waals surface area contributed by atoms with Crippen molar-refractivity contribution in [2.45, 2.75) is 6.92 Å². The summed E-state index contributed by atoms with van der Waals surface area (Å²) >= 11 is 0. The van der Waals surface area contributed by atoms with E-state index >= 15 is 0 Å². The number of ether oxygens (including phenoxy) is 1. The summed E-state index contributed by atoms with van der Waals surface area (Å²) in [6, 6.07) is 3.56. The lowest BCUT2D eigenvalue weighted by Crippen LogP contribution is -2.01. The van der Waals surface area contributed by atoms with Gasteiger partial charge in [-0.05, 0) is 18.2 Å². The summed E-state index contributed by atoms with van der Waals surface area (Å²) in [7, 11) is 0. The zero-order valence-corrected chi connectivity index (χ0v) is 8.88.